The predicted molar refractivity (Wildman–Crippen MR) is 87.9 cm³/mol. The van der Waals surface area contributed by atoms with Crippen LogP contribution in [-0.4, -0.2) is 24.0 Å². The molecule has 1 fully saturated rings. The highest BCUT2D eigenvalue weighted by molar-refractivity contribution is 5.92. The lowest BCUT2D eigenvalue weighted by Gasteiger charge is -2.28. The highest BCUT2D eigenvalue weighted by atomic mass is 19.1. The van der Waals surface area contributed by atoms with E-state index in [0.717, 1.165) is 18.8 Å². The smallest absolute Gasteiger partial charge is 0.270 e. The van der Waals surface area contributed by atoms with Crippen molar-refractivity contribution in [2.24, 2.45) is 0 Å². The van der Waals surface area contributed by atoms with Gasteiger partial charge < -0.3 is 10.2 Å². The number of piperidine rings is 1. The van der Waals surface area contributed by atoms with Gasteiger partial charge in [0.2, 0.25) is 0 Å². The minimum absolute atomic E-state index is 0.154. The van der Waals surface area contributed by atoms with Crippen LogP contribution >= 0.6 is 0 Å². The zero-order valence-corrected chi connectivity index (χ0v) is 13.0. The summed E-state index contributed by atoms with van der Waals surface area (Å²) < 4.78 is 13.5. The molecule has 1 saturated heterocycles. The van der Waals surface area contributed by atoms with Crippen molar-refractivity contribution in [2.45, 2.75) is 25.8 Å². The average molecular weight is 313 g/mol. The molecule has 0 bridgehead atoms. The Labute approximate surface area is 135 Å². The van der Waals surface area contributed by atoms with Gasteiger partial charge in [0.25, 0.3) is 5.91 Å². The molecule has 23 heavy (non-hydrogen) atoms. The molecule has 0 atom stereocenters. The van der Waals surface area contributed by atoms with Crippen LogP contribution < -0.4 is 10.2 Å². The molecule has 1 amide bonds. The summed E-state index contributed by atoms with van der Waals surface area (Å²) in [6, 6.07) is 10.1. The standard InChI is InChI=1S/C18H20FN3O/c19-16-7-3-2-6-14(16)12-21-18(23)17-9-8-15(13-20-17)22-10-4-1-5-11-22/h2-3,6-9,13H,1,4-5,10-12H2,(H,21,23). The summed E-state index contributed by atoms with van der Waals surface area (Å²) in [6.07, 6.45) is 5.42. The summed E-state index contributed by atoms with van der Waals surface area (Å²) in [5.41, 5.74) is 1.86. The van der Waals surface area contributed by atoms with Gasteiger partial charge in [-0.05, 0) is 37.5 Å². The first kappa shape index (κ1) is 15.5. The normalized spacial score (nSPS) is 14.6. The molecule has 5 heteroatoms. The molecule has 1 aliphatic rings. The van der Waals surface area contributed by atoms with Gasteiger partial charge in [0.15, 0.2) is 0 Å². The zero-order valence-electron chi connectivity index (χ0n) is 13.0. The summed E-state index contributed by atoms with van der Waals surface area (Å²) in [5, 5.41) is 2.70. The Balaban J connectivity index is 1.60. The van der Waals surface area contributed by atoms with E-state index >= 15 is 0 Å². The zero-order chi connectivity index (χ0) is 16.1. The Morgan fingerprint density at radius 1 is 1.13 bits per heavy atom. The molecular weight excluding hydrogens is 293 g/mol. The fraction of sp³-hybridized carbons (Fsp3) is 0.333. The lowest BCUT2D eigenvalue weighted by molar-refractivity contribution is 0.0945. The predicted octanol–water partition coefficient (Wildman–Crippen LogP) is 3.14. The number of benzene rings is 1. The lowest BCUT2D eigenvalue weighted by atomic mass is 10.1. The summed E-state index contributed by atoms with van der Waals surface area (Å²) in [5.74, 6) is -0.611. The quantitative estimate of drug-likeness (QED) is 0.943. The van der Waals surface area contributed by atoms with E-state index in [1.807, 2.05) is 6.07 Å². The maximum Gasteiger partial charge on any atom is 0.270 e. The van der Waals surface area contributed by atoms with E-state index in [0.29, 0.717) is 11.3 Å². The number of nitrogens with zero attached hydrogens (tertiary/aromatic N) is 2. The third-order valence-corrected chi connectivity index (χ3v) is 4.10. The topological polar surface area (TPSA) is 45.2 Å². The number of anilines is 1. The van der Waals surface area contributed by atoms with E-state index in [2.05, 4.69) is 15.2 Å². The number of hydrogen-bond acceptors (Lipinski definition) is 3. The van der Waals surface area contributed by atoms with Gasteiger partial charge >= 0.3 is 0 Å². The number of aromatic nitrogens is 1. The molecule has 4 nitrogen and oxygen atoms in total. The Morgan fingerprint density at radius 3 is 2.61 bits per heavy atom. The number of amides is 1. The molecule has 0 saturated carbocycles. The SMILES string of the molecule is O=C(NCc1ccccc1F)c1ccc(N2CCCCC2)cn1. The number of halogens is 1. The van der Waals surface area contributed by atoms with Crippen molar-refractivity contribution >= 4 is 11.6 Å². The van der Waals surface area contributed by atoms with E-state index in [1.165, 1.54) is 25.3 Å². The molecular formula is C18H20FN3O. The van der Waals surface area contributed by atoms with Crippen LogP contribution in [0.25, 0.3) is 0 Å². The molecule has 1 aromatic carbocycles. The summed E-state index contributed by atoms with van der Waals surface area (Å²) in [4.78, 5) is 18.6. The fourth-order valence-electron chi connectivity index (χ4n) is 2.77. The van der Waals surface area contributed by atoms with Crippen LogP contribution in [0.2, 0.25) is 0 Å². The Morgan fingerprint density at radius 2 is 1.91 bits per heavy atom. The Bertz CT molecular complexity index is 666. The number of carbonyl (C=O) groups excluding carboxylic acids is 1. The third kappa shape index (κ3) is 3.86. The monoisotopic (exact) mass is 313 g/mol. The molecule has 3 rings (SSSR count). The number of pyridine rings is 1. The molecule has 1 aliphatic heterocycles. The molecule has 0 radical (unpaired) electrons. The van der Waals surface area contributed by atoms with Crippen molar-refractivity contribution in [1.29, 1.82) is 0 Å². The van der Waals surface area contributed by atoms with E-state index in [4.69, 9.17) is 0 Å². The van der Waals surface area contributed by atoms with Crippen molar-refractivity contribution in [1.82, 2.24) is 10.3 Å². The van der Waals surface area contributed by atoms with Crippen LogP contribution in [0.5, 0.6) is 0 Å². The first-order chi connectivity index (χ1) is 11.2. The van der Waals surface area contributed by atoms with Gasteiger partial charge in [-0.1, -0.05) is 18.2 Å². The first-order valence-electron chi connectivity index (χ1n) is 7.96. The van der Waals surface area contributed by atoms with Crippen molar-refractivity contribution in [3.05, 3.63) is 59.7 Å². The summed E-state index contributed by atoms with van der Waals surface area (Å²) in [6.45, 7) is 2.24. The van der Waals surface area contributed by atoms with Crippen molar-refractivity contribution in [3.63, 3.8) is 0 Å². The number of hydrogen-bond donors (Lipinski definition) is 1. The van der Waals surface area contributed by atoms with E-state index in [-0.39, 0.29) is 18.3 Å². The van der Waals surface area contributed by atoms with Gasteiger partial charge in [-0.25, -0.2) is 9.37 Å². The molecule has 120 valence electrons. The number of nitrogens with one attached hydrogen (secondary N) is 1. The third-order valence-electron chi connectivity index (χ3n) is 4.10. The van der Waals surface area contributed by atoms with E-state index in [1.54, 1.807) is 30.5 Å². The highest BCUT2D eigenvalue weighted by Crippen LogP contribution is 2.18. The van der Waals surface area contributed by atoms with Crippen LogP contribution in [-0.2, 0) is 6.54 Å². The maximum atomic E-state index is 13.5. The van der Waals surface area contributed by atoms with Gasteiger partial charge in [-0.15, -0.1) is 0 Å². The van der Waals surface area contributed by atoms with Crippen LogP contribution in [0.1, 0.15) is 35.3 Å². The molecule has 2 aromatic rings. The molecule has 1 N–H and O–H groups in total. The lowest BCUT2D eigenvalue weighted by Crippen LogP contribution is -2.29. The second-order valence-electron chi connectivity index (χ2n) is 5.72. The number of carbonyl (C=O) groups is 1. The molecule has 0 spiro atoms. The van der Waals surface area contributed by atoms with Crippen molar-refractivity contribution in [3.8, 4) is 0 Å². The van der Waals surface area contributed by atoms with Crippen molar-refractivity contribution in [2.75, 3.05) is 18.0 Å². The van der Waals surface area contributed by atoms with Gasteiger partial charge in [0.1, 0.15) is 11.5 Å². The molecule has 2 heterocycles. The summed E-state index contributed by atoms with van der Waals surface area (Å²) >= 11 is 0. The maximum absolute atomic E-state index is 13.5. The van der Waals surface area contributed by atoms with Crippen LogP contribution in [0.4, 0.5) is 10.1 Å². The second-order valence-corrected chi connectivity index (χ2v) is 5.72. The van der Waals surface area contributed by atoms with E-state index in [9.17, 15) is 9.18 Å². The van der Waals surface area contributed by atoms with Gasteiger partial charge in [-0.3, -0.25) is 4.79 Å². The second kappa shape index (κ2) is 7.22. The van der Waals surface area contributed by atoms with Crippen molar-refractivity contribution < 1.29 is 9.18 Å². The average Bonchev–Trinajstić information content (AvgIpc) is 2.62. The minimum Gasteiger partial charge on any atom is -0.370 e. The van der Waals surface area contributed by atoms with Gasteiger partial charge in [-0.2, -0.15) is 0 Å². The first-order valence-corrected chi connectivity index (χ1v) is 7.96. The molecule has 0 aliphatic carbocycles. The highest BCUT2D eigenvalue weighted by Gasteiger charge is 2.13. The van der Waals surface area contributed by atoms with Crippen LogP contribution in [0.15, 0.2) is 42.6 Å². The molecule has 1 aromatic heterocycles. The minimum atomic E-state index is -0.318. The number of rotatable bonds is 4. The Hall–Kier alpha value is -2.43. The Kier molecular flexibility index (Phi) is 4.86. The van der Waals surface area contributed by atoms with Crippen LogP contribution in [0.3, 0.4) is 0 Å². The summed E-state index contributed by atoms with van der Waals surface area (Å²) in [7, 11) is 0. The van der Waals surface area contributed by atoms with E-state index < -0.39 is 0 Å². The largest absolute Gasteiger partial charge is 0.370 e. The van der Waals surface area contributed by atoms with Gasteiger partial charge in [0, 0.05) is 25.2 Å². The van der Waals surface area contributed by atoms with Crippen LogP contribution in [0, 0.1) is 5.82 Å². The fourth-order valence-corrected chi connectivity index (χ4v) is 2.77. The molecule has 0 unspecified atom stereocenters. The van der Waals surface area contributed by atoms with Gasteiger partial charge in [0.05, 0.1) is 11.9 Å².